The van der Waals surface area contributed by atoms with Crippen LogP contribution in [-0.2, 0) is 9.53 Å². The summed E-state index contributed by atoms with van der Waals surface area (Å²) in [5.41, 5.74) is 0.515. The van der Waals surface area contributed by atoms with E-state index in [1.807, 2.05) is 13.0 Å². The summed E-state index contributed by atoms with van der Waals surface area (Å²) in [6.45, 7) is 14.6. The third-order valence-corrected chi connectivity index (χ3v) is 7.34. The molecular weight excluding hydrogens is 288 g/mol. The molecule has 0 unspecified atom stereocenters. The summed E-state index contributed by atoms with van der Waals surface area (Å²) >= 11 is 0. The maximum absolute atomic E-state index is 12.0. The van der Waals surface area contributed by atoms with E-state index in [2.05, 4.69) is 27.0 Å². The fourth-order valence-corrected chi connectivity index (χ4v) is 5.59. The lowest BCUT2D eigenvalue weighted by Crippen LogP contribution is -2.53. The first kappa shape index (κ1) is 16.8. The number of hydrogen-bond donors (Lipinski definition) is 1. The molecule has 128 valence electrons. The number of carboxylic acids is 1. The van der Waals surface area contributed by atoms with Crippen molar-refractivity contribution in [2.45, 2.75) is 71.0 Å². The Kier molecular flexibility index (Phi) is 3.79. The molecule has 0 spiro atoms. The maximum Gasteiger partial charge on any atom is 0.309 e. The molecule has 3 nitrogen and oxygen atoms in total. The number of carbonyl (C=O) groups is 1. The van der Waals surface area contributed by atoms with Crippen LogP contribution in [0, 0.1) is 22.7 Å². The molecule has 0 bridgehead atoms. The number of carboxylic acid groups (broad SMARTS) is 1. The van der Waals surface area contributed by atoms with E-state index in [1.54, 1.807) is 0 Å². The molecule has 23 heavy (non-hydrogen) atoms. The van der Waals surface area contributed by atoms with Crippen molar-refractivity contribution in [1.29, 1.82) is 0 Å². The van der Waals surface area contributed by atoms with E-state index >= 15 is 0 Å². The Morgan fingerprint density at radius 1 is 1.39 bits per heavy atom. The summed E-state index contributed by atoms with van der Waals surface area (Å²) < 4.78 is 5.85. The van der Waals surface area contributed by atoms with Gasteiger partial charge >= 0.3 is 5.97 Å². The minimum atomic E-state index is -0.627. The van der Waals surface area contributed by atoms with E-state index in [0.29, 0.717) is 5.92 Å². The van der Waals surface area contributed by atoms with Gasteiger partial charge in [0.2, 0.25) is 0 Å². The molecule has 1 saturated heterocycles. The Morgan fingerprint density at radius 3 is 2.65 bits per heavy atom. The van der Waals surface area contributed by atoms with Gasteiger partial charge in [-0.2, -0.15) is 0 Å². The normalized spacial score (nSPS) is 49.3. The lowest BCUT2D eigenvalue weighted by Gasteiger charge is -2.57. The first-order valence-electron chi connectivity index (χ1n) is 8.90. The van der Waals surface area contributed by atoms with Gasteiger partial charge in [-0.15, -0.1) is 6.58 Å². The van der Waals surface area contributed by atoms with Crippen molar-refractivity contribution in [3.05, 3.63) is 24.8 Å². The monoisotopic (exact) mass is 318 g/mol. The Labute approximate surface area is 139 Å². The number of ether oxygens (including phenoxy) is 1. The Bertz CT molecular complexity index is 553. The zero-order valence-electron chi connectivity index (χ0n) is 14.7. The number of epoxide rings is 1. The lowest BCUT2D eigenvalue weighted by atomic mass is 9.46. The van der Waals surface area contributed by atoms with Gasteiger partial charge in [0, 0.05) is 0 Å². The molecule has 1 aliphatic heterocycles. The minimum Gasteiger partial charge on any atom is -0.481 e. The fraction of sp³-hybridized carbons (Fsp3) is 0.750. The summed E-state index contributed by atoms with van der Waals surface area (Å²) in [5.74, 6) is -0.0456. The van der Waals surface area contributed by atoms with Crippen molar-refractivity contribution >= 4 is 5.97 Å². The number of aliphatic carboxylic acids is 1. The summed E-state index contributed by atoms with van der Waals surface area (Å²) in [4.78, 5) is 12.0. The maximum atomic E-state index is 12.0. The highest BCUT2D eigenvalue weighted by molar-refractivity contribution is 5.75. The van der Waals surface area contributed by atoms with E-state index in [0.717, 1.165) is 38.5 Å². The van der Waals surface area contributed by atoms with Gasteiger partial charge in [0.1, 0.15) is 5.60 Å². The van der Waals surface area contributed by atoms with Gasteiger partial charge in [-0.3, -0.25) is 4.79 Å². The molecule has 2 saturated carbocycles. The molecule has 0 amide bonds. The van der Waals surface area contributed by atoms with E-state index < -0.39 is 11.4 Å². The summed E-state index contributed by atoms with van der Waals surface area (Å²) in [6.07, 6.45) is 7.84. The van der Waals surface area contributed by atoms with Crippen LogP contribution in [0.4, 0.5) is 0 Å². The van der Waals surface area contributed by atoms with Crippen LogP contribution in [0.15, 0.2) is 24.8 Å². The highest BCUT2D eigenvalue weighted by Crippen LogP contribution is 2.63. The molecule has 1 heterocycles. The summed E-state index contributed by atoms with van der Waals surface area (Å²) in [6, 6.07) is 0. The van der Waals surface area contributed by atoms with Gasteiger partial charge in [0.25, 0.3) is 0 Å². The van der Waals surface area contributed by atoms with Crippen LogP contribution in [0.2, 0.25) is 0 Å². The number of hydrogen-bond acceptors (Lipinski definition) is 2. The molecule has 3 aliphatic rings. The van der Waals surface area contributed by atoms with Crippen molar-refractivity contribution in [1.82, 2.24) is 0 Å². The number of allylic oxidation sites excluding steroid dienone is 1. The molecule has 3 fully saturated rings. The van der Waals surface area contributed by atoms with Crippen molar-refractivity contribution in [2.24, 2.45) is 22.7 Å². The zero-order valence-corrected chi connectivity index (χ0v) is 14.7. The minimum absolute atomic E-state index is 0.0226. The van der Waals surface area contributed by atoms with Crippen LogP contribution in [0.25, 0.3) is 0 Å². The topological polar surface area (TPSA) is 49.8 Å². The van der Waals surface area contributed by atoms with Crippen LogP contribution in [0.5, 0.6) is 0 Å². The SMILES string of the molecule is C=C[C@]1(C)O[C@H]1C[C@H]1C(=C)CC[C@H]2[C@]1(C)CCC[C@]2(C)C(=O)O. The molecule has 3 rings (SSSR count). The highest BCUT2D eigenvalue weighted by atomic mass is 16.6. The predicted molar refractivity (Wildman–Crippen MR) is 91.1 cm³/mol. The third-order valence-electron chi connectivity index (χ3n) is 7.34. The van der Waals surface area contributed by atoms with E-state index in [1.165, 1.54) is 5.57 Å². The highest BCUT2D eigenvalue weighted by Gasteiger charge is 2.60. The van der Waals surface area contributed by atoms with Crippen molar-refractivity contribution < 1.29 is 14.6 Å². The van der Waals surface area contributed by atoms with Gasteiger partial charge in [-0.05, 0) is 63.2 Å². The second-order valence-corrected chi connectivity index (χ2v) is 8.61. The molecule has 2 aliphatic carbocycles. The first-order valence-corrected chi connectivity index (χ1v) is 8.90. The van der Waals surface area contributed by atoms with Crippen LogP contribution in [0.3, 0.4) is 0 Å². The number of fused-ring (bicyclic) bond motifs is 1. The standard InChI is InChI=1S/C20H30O3/c1-6-20(5)16(23-20)12-14-13(2)8-9-15-18(14,3)10-7-11-19(15,4)17(21)22/h6,14-16H,1-2,7-12H2,3-5H3,(H,21,22)/t14-,15-,16-,18+,19-,20-/m0/s1. The molecule has 1 N–H and O–H groups in total. The average Bonchev–Trinajstić information content (AvgIpc) is 3.14. The van der Waals surface area contributed by atoms with Crippen LogP contribution in [0.1, 0.15) is 59.3 Å². The fourth-order valence-electron chi connectivity index (χ4n) is 5.59. The van der Waals surface area contributed by atoms with Crippen LogP contribution >= 0.6 is 0 Å². The molecule has 0 aromatic rings. The summed E-state index contributed by atoms with van der Waals surface area (Å²) in [5, 5.41) is 9.86. The van der Waals surface area contributed by atoms with Gasteiger partial charge in [0.15, 0.2) is 0 Å². The Balaban J connectivity index is 1.89. The van der Waals surface area contributed by atoms with Gasteiger partial charge in [-0.25, -0.2) is 0 Å². The second-order valence-electron chi connectivity index (χ2n) is 8.61. The largest absolute Gasteiger partial charge is 0.481 e. The van der Waals surface area contributed by atoms with E-state index in [-0.39, 0.29) is 23.0 Å². The molecule has 0 aromatic carbocycles. The van der Waals surface area contributed by atoms with Gasteiger partial charge < -0.3 is 9.84 Å². The quantitative estimate of drug-likeness (QED) is 0.609. The molecule has 3 heteroatoms. The summed E-state index contributed by atoms with van der Waals surface area (Å²) in [7, 11) is 0. The van der Waals surface area contributed by atoms with Crippen molar-refractivity contribution in [2.75, 3.05) is 0 Å². The second kappa shape index (κ2) is 5.20. The lowest BCUT2D eigenvalue weighted by molar-refractivity contribution is -0.164. The average molecular weight is 318 g/mol. The molecule has 6 atom stereocenters. The third kappa shape index (κ3) is 2.39. The smallest absolute Gasteiger partial charge is 0.309 e. The molecule has 0 radical (unpaired) electrons. The predicted octanol–water partition coefficient (Wildman–Crippen LogP) is 4.58. The van der Waals surface area contributed by atoms with Crippen molar-refractivity contribution in [3.63, 3.8) is 0 Å². The number of rotatable bonds is 4. The van der Waals surface area contributed by atoms with Gasteiger partial charge in [-0.1, -0.05) is 31.6 Å². The molecular formula is C20H30O3. The van der Waals surface area contributed by atoms with Crippen LogP contribution in [-0.4, -0.2) is 22.8 Å². The van der Waals surface area contributed by atoms with Crippen molar-refractivity contribution in [3.8, 4) is 0 Å². The Morgan fingerprint density at radius 2 is 2.09 bits per heavy atom. The zero-order chi connectivity index (χ0) is 17.0. The Hall–Kier alpha value is -1.09. The van der Waals surface area contributed by atoms with E-state index in [4.69, 9.17) is 4.74 Å². The molecule has 0 aromatic heterocycles. The van der Waals surface area contributed by atoms with Gasteiger partial charge in [0.05, 0.1) is 11.5 Å². The van der Waals surface area contributed by atoms with E-state index in [9.17, 15) is 9.90 Å². The van der Waals surface area contributed by atoms with Crippen LogP contribution < -0.4 is 0 Å². The first-order chi connectivity index (χ1) is 10.7.